The van der Waals surface area contributed by atoms with Gasteiger partial charge in [-0.05, 0) is 24.1 Å². The predicted molar refractivity (Wildman–Crippen MR) is 93.1 cm³/mol. The van der Waals surface area contributed by atoms with Crippen LogP contribution in [-0.2, 0) is 16.1 Å². The third-order valence-corrected chi connectivity index (χ3v) is 4.65. The molecule has 1 aromatic rings. The highest BCUT2D eigenvalue weighted by atomic mass is 16.5. The van der Waals surface area contributed by atoms with Crippen LogP contribution < -0.4 is 4.90 Å². The lowest BCUT2D eigenvalue weighted by Crippen LogP contribution is -2.49. The molecule has 0 aromatic heterocycles. The second kappa shape index (κ2) is 8.35. The number of anilines is 1. The first-order valence-corrected chi connectivity index (χ1v) is 8.44. The van der Waals surface area contributed by atoms with E-state index in [1.807, 2.05) is 11.0 Å². The van der Waals surface area contributed by atoms with Crippen molar-refractivity contribution in [3.8, 4) is 5.75 Å². The number of ether oxygens (including phenoxy) is 1. The highest BCUT2D eigenvalue weighted by Crippen LogP contribution is 2.25. The zero-order valence-electron chi connectivity index (χ0n) is 14.7. The number of benzene rings is 1. The first-order chi connectivity index (χ1) is 11.5. The number of piperazine rings is 1. The average Bonchev–Trinajstić information content (AvgIpc) is 2.59. The minimum atomic E-state index is -0.189. The minimum absolute atomic E-state index is 0.0419. The van der Waals surface area contributed by atoms with Crippen molar-refractivity contribution in [1.82, 2.24) is 4.90 Å². The molecular weight excluding hydrogens is 308 g/mol. The molecule has 2 rings (SSSR count). The van der Waals surface area contributed by atoms with Crippen LogP contribution in [-0.4, -0.2) is 60.4 Å². The van der Waals surface area contributed by atoms with Crippen LogP contribution in [0.3, 0.4) is 0 Å². The van der Waals surface area contributed by atoms with Gasteiger partial charge in [-0.15, -0.1) is 0 Å². The Morgan fingerprint density at radius 1 is 1.25 bits per heavy atom. The van der Waals surface area contributed by atoms with Crippen molar-refractivity contribution >= 4 is 11.6 Å². The van der Waals surface area contributed by atoms with Crippen molar-refractivity contribution in [2.75, 3.05) is 38.2 Å². The van der Waals surface area contributed by atoms with E-state index in [0.29, 0.717) is 31.0 Å². The maximum Gasteiger partial charge on any atom is 0.225 e. The SMILES string of the molecule is COC(CC(=O)N1CCN(c2ccc(O)c(CO)c2)CC1)C(C)C. The number of aromatic hydroxyl groups is 1. The summed E-state index contributed by atoms with van der Waals surface area (Å²) in [7, 11) is 1.65. The fourth-order valence-electron chi connectivity index (χ4n) is 3.00. The van der Waals surface area contributed by atoms with Crippen molar-refractivity contribution in [2.24, 2.45) is 5.92 Å². The molecule has 0 aliphatic carbocycles. The van der Waals surface area contributed by atoms with E-state index in [4.69, 9.17) is 4.74 Å². The molecule has 1 amide bonds. The maximum absolute atomic E-state index is 12.4. The molecule has 0 bridgehead atoms. The van der Waals surface area contributed by atoms with E-state index in [1.54, 1.807) is 19.2 Å². The Kier molecular flexibility index (Phi) is 6.45. The summed E-state index contributed by atoms with van der Waals surface area (Å²) in [6, 6.07) is 5.24. The molecule has 1 fully saturated rings. The van der Waals surface area contributed by atoms with Crippen molar-refractivity contribution in [3.63, 3.8) is 0 Å². The molecule has 6 heteroatoms. The Morgan fingerprint density at radius 2 is 1.92 bits per heavy atom. The zero-order chi connectivity index (χ0) is 17.7. The summed E-state index contributed by atoms with van der Waals surface area (Å²) in [5, 5.41) is 18.9. The van der Waals surface area contributed by atoms with Gasteiger partial charge in [-0.3, -0.25) is 4.79 Å². The van der Waals surface area contributed by atoms with Crippen molar-refractivity contribution in [2.45, 2.75) is 33.0 Å². The number of carbonyl (C=O) groups is 1. The van der Waals surface area contributed by atoms with Crippen LogP contribution >= 0.6 is 0 Å². The summed E-state index contributed by atoms with van der Waals surface area (Å²) < 4.78 is 5.40. The lowest BCUT2D eigenvalue weighted by molar-refractivity contribution is -0.134. The van der Waals surface area contributed by atoms with Gasteiger partial charge in [0, 0.05) is 44.5 Å². The number of hydrogen-bond donors (Lipinski definition) is 2. The summed E-state index contributed by atoms with van der Waals surface area (Å²) in [5.41, 5.74) is 1.48. The molecule has 6 nitrogen and oxygen atoms in total. The standard InChI is InChI=1S/C18H28N2O4/c1-13(2)17(24-3)11-18(23)20-8-6-19(7-9-20)15-4-5-16(22)14(10-15)12-21/h4-5,10,13,17,21-22H,6-9,11-12H2,1-3H3. The van der Waals surface area contributed by atoms with Gasteiger partial charge in [-0.25, -0.2) is 0 Å². The van der Waals surface area contributed by atoms with Gasteiger partial charge in [0.05, 0.1) is 19.1 Å². The van der Waals surface area contributed by atoms with Gasteiger partial charge < -0.3 is 24.7 Å². The van der Waals surface area contributed by atoms with Crippen LogP contribution in [0, 0.1) is 5.92 Å². The first-order valence-electron chi connectivity index (χ1n) is 8.44. The Balaban J connectivity index is 1.92. The summed E-state index contributed by atoms with van der Waals surface area (Å²) in [4.78, 5) is 16.5. The molecule has 0 spiro atoms. The maximum atomic E-state index is 12.4. The molecule has 1 heterocycles. The molecule has 1 aliphatic heterocycles. The van der Waals surface area contributed by atoms with E-state index in [-0.39, 0.29) is 24.4 Å². The van der Waals surface area contributed by atoms with Gasteiger partial charge in [-0.1, -0.05) is 13.8 Å². The van der Waals surface area contributed by atoms with Crippen molar-refractivity contribution < 1.29 is 19.7 Å². The van der Waals surface area contributed by atoms with Crippen LogP contribution in [0.15, 0.2) is 18.2 Å². The molecule has 24 heavy (non-hydrogen) atoms. The van der Waals surface area contributed by atoms with Gasteiger partial charge in [0.15, 0.2) is 0 Å². The Labute approximate surface area is 143 Å². The zero-order valence-corrected chi connectivity index (χ0v) is 14.7. The van der Waals surface area contributed by atoms with Crippen LogP contribution in [0.5, 0.6) is 5.75 Å². The smallest absolute Gasteiger partial charge is 0.225 e. The summed E-state index contributed by atoms with van der Waals surface area (Å²) in [6.45, 7) is 6.74. The number of rotatable bonds is 6. The topological polar surface area (TPSA) is 73.2 Å². The fourth-order valence-corrected chi connectivity index (χ4v) is 3.00. The third-order valence-electron chi connectivity index (χ3n) is 4.65. The fraction of sp³-hybridized carbons (Fsp3) is 0.611. The average molecular weight is 336 g/mol. The Morgan fingerprint density at radius 3 is 2.46 bits per heavy atom. The molecule has 0 saturated carbocycles. The van der Waals surface area contributed by atoms with E-state index in [1.165, 1.54) is 0 Å². The first kappa shape index (κ1) is 18.5. The molecule has 1 saturated heterocycles. The number of phenols is 1. The molecule has 1 aromatic carbocycles. The van der Waals surface area contributed by atoms with E-state index in [0.717, 1.165) is 18.8 Å². The van der Waals surface area contributed by atoms with Crippen LogP contribution in [0.4, 0.5) is 5.69 Å². The summed E-state index contributed by atoms with van der Waals surface area (Å²) >= 11 is 0. The lowest BCUT2D eigenvalue weighted by atomic mass is 10.0. The number of carbonyl (C=O) groups excluding carboxylic acids is 1. The lowest BCUT2D eigenvalue weighted by Gasteiger charge is -2.37. The largest absolute Gasteiger partial charge is 0.508 e. The van der Waals surface area contributed by atoms with E-state index < -0.39 is 0 Å². The van der Waals surface area contributed by atoms with Crippen LogP contribution in [0.25, 0.3) is 0 Å². The van der Waals surface area contributed by atoms with Gasteiger partial charge in [-0.2, -0.15) is 0 Å². The van der Waals surface area contributed by atoms with Gasteiger partial charge in [0.25, 0.3) is 0 Å². The van der Waals surface area contributed by atoms with E-state index in [9.17, 15) is 15.0 Å². The summed E-state index contributed by atoms with van der Waals surface area (Å²) in [5.74, 6) is 0.556. The normalized spacial score (nSPS) is 16.5. The minimum Gasteiger partial charge on any atom is -0.508 e. The van der Waals surface area contributed by atoms with Gasteiger partial charge >= 0.3 is 0 Å². The molecule has 134 valence electrons. The Bertz CT molecular complexity index is 554. The number of aliphatic hydroxyl groups excluding tert-OH is 1. The molecule has 0 radical (unpaired) electrons. The monoisotopic (exact) mass is 336 g/mol. The molecule has 1 aliphatic rings. The van der Waals surface area contributed by atoms with Gasteiger partial charge in [0.1, 0.15) is 5.75 Å². The van der Waals surface area contributed by atoms with Crippen LogP contribution in [0.1, 0.15) is 25.8 Å². The number of aliphatic hydroxyl groups is 1. The second-order valence-corrected chi connectivity index (χ2v) is 6.56. The predicted octanol–water partition coefficient (Wildman–Crippen LogP) is 1.59. The highest BCUT2D eigenvalue weighted by Gasteiger charge is 2.25. The third kappa shape index (κ3) is 4.39. The quantitative estimate of drug-likeness (QED) is 0.825. The number of amides is 1. The molecule has 1 atom stereocenters. The number of methoxy groups -OCH3 is 1. The van der Waals surface area contributed by atoms with Crippen LogP contribution in [0.2, 0.25) is 0 Å². The Hall–Kier alpha value is -1.79. The van der Waals surface area contributed by atoms with E-state index >= 15 is 0 Å². The number of hydrogen-bond acceptors (Lipinski definition) is 5. The van der Waals surface area contributed by atoms with Gasteiger partial charge in [0.2, 0.25) is 5.91 Å². The summed E-state index contributed by atoms with van der Waals surface area (Å²) in [6.07, 6.45) is 0.377. The van der Waals surface area contributed by atoms with E-state index in [2.05, 4.69) is 18.7 Å². The highest BCUT2D eigenvalue weighted by molar-refractivity contribution is 5.77. The van der Waals surface area contributed by atoms with Crippen molar-refractivity contribution in [3.05, 3.63) is 23.8 Å². The van der Waals surface area contributed by atoms with Crippen molar-refractivity contribution in [1.29, 1.82) is 0 Å². The molecule has 2 N–H and O–H groups in total. The molecule has 1 unspecified atom stereocenters. The molecular formula is C18H28N2O4. The second-order valence-electron chi connectivity index (χ2n) is 6.56. The number of nitrogens with zero attached hydrogens (tertiary/aromatic N) is 2.